The predicted molar refractivity (Wildman–Crippen MR) is 127 cm³/mol. The van der Waals surface area contributed by atoms with E-state index >= 15 is 0 Å². The average Bonchev–Trinajstić information content (AvgIpc) is 2.66. The van der Waals surface area contributed by atoms with E-state index in [1.165, 1.54) is 0 Å². The van der Waals surface area contributed by atoms with Crippen molar-refractivity contribution in [1.82, 2.24) is 0 Å². The molecule has 25 heavy (non-hydrogen) atoms. The number of alkyl halides is 1. The van der Waals surface area contributed by atoms with Crippen LogP contribution >= 0.6 is 95.6 Å². The lowest BCUT2D eigenvalue weighted by atomic mass is 9.85. The Balaban J connectivity index is 2.44. The highest BCUT2D eigenvalue weighted by Gasteiger charge is 2.38. The maximum absolute atomic E-state index is 4.09. The molecule has 0 aliphatic carbocycles. The molecule has 0 N–H and O–H groups in total. The molecule has 0 saturated heterocycles. The predicted octanol–water partition coefficient (Wildman–Crippen LogP) is 9.19. The molecule has 0 aromatic heterocycles. The van der Waals surface area contributed by atoms with Crippen LogP contribution in [0.4, 0.5) is 0 Å². The van der Waals surface area contributed by atoms with Gasteiger partial charge >= 0.3 is 0 Å². The lowest BCUT2D eigenvalue weighted by Crippen LogP contribution is -2.23. The van der Waals surface area contributed by atoms with Crippen molar-refractivity contribution in [2.75, 3.05) is 0 Å². The summed E-state index contributed by atoms with van der Waals surface area (Å²) < 4.78 is 4.27. The minimum absolute atomic E-state index is 0.529. The Kier molecular flexibility index (Phi) is 6.71. The van der Waals surface area contributed by atoms with Crippen molar-refractivity contribution in [3.8, 4) is 0 Å². The van der Waals surface area contributed by atoms with Crippen LogP contribution in [0.1, 0.15) is 16.7 Å². The highest BCUT2D eigenvalue weighted by molar-refractivity contribution is 9.16. The van der Waals surface area contributed by atoms with Gasteiger partial charge in [0.15, 0.2) is 0 Å². The van der Waals surface area contributed by atoms with Crippen molar-refractivity contribution in [2.24, 2.45) is 0 Å². The van der Waals surface area contributed by atoms with Gasteiger partial charge in [-0.05, 0) is 90.8 Å². The van der Waals surface area contributed by atoms with Crippen LogP contribution < -0.4 is 0 Å². The Morgan fingerprint density at radius 1 is 0.480 bits per heavy atom. The SMILES string of the molecule is Brc1c(Br)c(Br)c(C(Br)(c2ccccc2)c2ccccc2)c(Br)c1Br. The largest absolute Gasteiger partial charge is 0.103 e. The summed E-state index contributed by atoms with van der Waals surface area (Å²) in [7, 11) is 0. The molecule has 0 nitrogen and oxygen atoms in total. The molecule has 0 aliphatic heterocycles. The van der Waals surface area contributed by atoms with Crippen LogP contribution in [0.5, 0.6) is 0 Å². The first-order chi connectivity index (χ1) is 11.9. The lowest BCUT2D eigenvalue weighted by molar-refractivity contribution is 0.898. The molecule has 0 fully saturated rings. The maximum atomic E-state index is 4.09. The van der Waals surface area contributed by atoms with Gasteiger partial charge in [0.25, 0.3) is 0 Å². The minimum atomic E-state index is -0.529. The molecule has 0 atom stereocenters. The Morgan fingerprint density at radius 2 is 0.800 bits per heavy atom. The normalized spacial score (nSPS) is 11.6. The number of benzene rings is 3. The van der Waals surface area contributed by atoms with Crippen molar-refractivity contribution >= 4 is 95.6 Å². The Morgan fingerprint density at radius 3 is 1.16 bits per heavy atom. The molecule has 0 heterocycles. The standard InChI is InChI=1S/C19H10Br6/c20-14-13(15(21)17(23)18(24)16(14)22)19(25,11-7-3-1-4-8-11)12-9-5-2-6-10-12/h1-10H. The van der Waals surface area contributed by atoms with Crippen molar-refractivity contribution in [3.63, 3.8) is 0 Å². The van der Waals surface area contributed by atoms with Crippen LogP contribution in [0.2, 0.25) is 0 Å². The molecule has 0 saturated carbocycles. The van der Waals surface area contributed by atoms with E-state index in [2.05, 4.69) is 144 Å². The third kappa shape index (κ3) is 3.64. The third-order valence-electron chi connectivity index (χ3n) is 3.90. The van der Waals surface area contributed by atoms with Crippen molar-refractivity contribution in [2.45, 2.75) is 4.32 Å². The van der Waals surface area contributed by atoms with Gasteiger partial charge in [-0.25, -0.2) is 0 Å². The molecule has 3 aromatic rings. The van der Waals surface area contributed by atoms with E-state index < -0.39 is 4.32 Å². The zero-order chi connectivity index (χ0) is 18.2. The second-order valence-electron chi connectivity index (χ2n) is 5.34. The summed E-state index contributed by atoms with van der Waals surface area (Å²) in [5.41, 5.74) is 3.36. The Hall–Kier alpha value is 0.540. The van der Waals surface area contributed by atoms with Gasteiger partial charge in [0.05, 0.1) is 0 Å². The first-order valence-corrected chi connectivity index (χ1v) is 12.0. The number of halogens is 6. The average molecular weight is 718 g/mol. The molecule has 128 valence electrons. The summed E-state index contributed by atoms with van der Waals surface area (Å²) in [6.07, 6.45) is 0. The van der Waals surface area contributed by atoms with Crippen LogP contribution in [0.15, 0.2) is 83.0 Å². The fourth-order valence-electron chi connectivity index (χ4n) is 2.70. The highest BCUT2D eigenvalue weighted by Crippen LogP contribution is 2.55. The van der Waals surface area contributed by atoms with Gasteiger partial charge in [-0.2, -0.15) is 0 Å². The molecule has 3 aromatic carbocycles. The summed E-state index contributed by atoms with van der Waals surface area (Å²) in [4.78, 5) is 0. The van der Waals surface area contributed by atoms with E-state index in [1.807, 2.05) is 12.1 Å². The van der Waals surface area contributed by atoms with E-state index in [1.54, 1.807) is 0 Å². The molecule has 0 bridgehead atoms. The molecule has 6 heteroatoms. The van der Waals surface area contributed by atoms with Crippen LogP contribution in [0.25, 0.3) is 0 Å². The Bertz CT molecular complexity index is 838. The van der Waals surface area contributed by atoms with Crippen LogP contribution in [-0.2, 0) is 4.32 Å². The van der Waals surface area contributed by atoms with Gasteiger partial charge in [-0.3, -0.25) is 0 Å². The Labute approximate surface area is 197 Å². The zero-order valence-corrected chi connectivity index (χ0v) is 22.1. The van der Waals surface area contributed by atoms with E-state index in [0.717, 1.165) is 39.1 Å². The molecule has 0 unspecified atom stereocenters. The first-order valence-electron chi connectivity index (χ1n) is 7.21. The molecular formula is C19H10Br6. The summed E-state index contributed by atoms with van der Waals surface area (Å²) in [6, 6.07) is 20.8. The summed E-state index contributed by atoms with van der Waals surface area (Å²) in [6.45, 7) is 0. The van der Waals surface area contributed by atoms with E-state index in [4.69, 9.17) is 0 Å². The van der Waals surface area contributed by atoms with Gasteiger partial charge in [0.1, 0.15) is 4.32 Å². The van der Waals surface area contributed by atoms with Crippen LogP contribution in [-0.4, -0.2) is 0 Å². The third-order valence-corrected chi connectivity index (χ3v) is 11.3. The lowest BCUT2D eigenvalue weighted by Gasteiger charge is -2.32. The molecule has 0 amide bonds. The van der Waals surface area contributed by atoms with Gasteiger partial charge < -0.3 is 0 Å². The fourth-order valence-corrected chi connectivity index (χ4v) is 7.80. The van der Waals surface area contributed by atoms with Crippen LogP contribution in [0.3, 0.4) is 0 Å². The number of rotatable bonds is 3. The summed E-state index contributed by atoms with van der Waals surface area (Å²) in [5.74, 6) is 0. The first kappa shape index (κ1) is 20.3. The van der Waals surface area contributed by atoms with Gasteiger partial charge in [-0.1, -0.05) is 76.6 Å². The van der Waals surface area contributed by atoms with Gasteiger partial charge in [0.2, 0.25) is 0 Å². The van der Waals surface area contributed by atoms with Crippen LogP contribution in [0, 0.1) is 0 Å². The zero-order valence-electron chi connectivity index (χ0n) is 12.5. The van der Waals surface area contributed by atoms with Gasteiger partial charge in [0, 0.05) is 27.9 Å². The van der Waals surface area contributed by atoms with Crippen molar-refractivity contribution < 1.29 is 0 Å². The van der Waals surface area contributed by atoms with Gasteiger partial charge in [-0.15, -0.1) is 0 Å². The second-order valence-corrected chi connectivity index (χ2v) is 10.5. The summed E-state index contributed by atoms with van der Waals surface area (Å²) in [5, 5.41) is 0. The van der Waals surface area contributed by atoms with E-state index in [-0.39, 0.29) is 0 Å². The molecule has 0 radical (unpaired) electrons. The highest BCUT2D eigenvalue weighted by atomic mass is 79.9. The maximum Gasteiger partial charge on any atom is 0.103 e. The van der Waals surface area contributed by atoms with Crippen molar-refractivity contribution in [1.29, 1.82) is 0 Å². The minimum Gasteiger partial charge on any atom is -0.0695 e. The van der Waals surface area contributed by atoms with Crippen molar-refractivity contribution in [3.05, 3.63) is 99.7 Å². The topological polar surface area (TPSA) is 0 Å². The fraction of sp³-hybridized carbons (Fsp3) is 0.0526. The monoisotopic (exact) mass is 712 g/mol. The summed E-state index contributed by atoms with van der Waals surface area (Å²) >= 11 is 22.7. The van der Waals surface area contributed by atoms with E-state index in [9.17, 15) is 0 Å². The van der Waals surface area contributed by atoms with E-state index in [0.29, 0.717) is 0 Å². The molecule has 0 spiro atoms. The molecular weight excluding hydrogens is 708 g/mol. The molecule has 0 aliphatic rings. The number of hydrogen-bond donors (Lipinski definition) is 0. The number of hydrogen-bond acceptors (Lipinski definition) is 0. The second kappa shape index (κ2) is 8.27. The molecule has 3 rings (SSSR count). The smallest absolute Gasteiger partial charge is 0.0695 e. The quantitative estimate of drug-likeness (QED) is 0.110.